The van der Waals surface area contributed by atoms with Gasteiger partial charge in [-0.3, -0.25) is 4.90 Å². The number of fused-ring (bicyclic) bond motifs is 1. The van der Waals surface area contributed by atoms with Crippen molar-refractivity contribution in [3.63, 3.8) is 0 Å². The van der Waals surface area contributed by atoms with Crippen LogP contribution in [0.3, 0.4) is 0 Å². The van der Waals surface area contributed by atoms with Crippen molar-refractivity contribution < 1.29 is 4.52 Å². The Hall–Kier alpha value is -1.69. The predicted molar refractivity (Wildman–Crippen MR) is 87.2 cm³/mol. The highest BCUT2D eigenvalue weighted by atomic mass is 16.5. The third kappa shape index (κ3) is 2.56. The molecule has 1 atom stereocenters. The monoisotopic (exact) mass is 303 g/mol. The van der Waals surface area contributed by atoms with Gasteiger partial charge >= 0.3 is 0 Å². The summed E-state index contributed by atoms with van der Waals surface area (Å²) in [5.41, 5.74) is 1.46. The van der Waals surface area contributed by atoms with Crippen LogP contribution in [0, 0.1) is 13.8 Å². The van der Waals surface area contributed by atoms with E-state index in [1.807, 2.05) is 13.8 Å². The Labute approximate surface area is 131 Å². The SMILES string of the molecule is CC[C@H]1CN(c2nc(C)nc3onc(C)c23)CCN1C(C)C. The van der Waals surface area contributed by atoms with Crippen molar-refractivity contribution in [2.45, 2.75) is 53.1 Å². The number of nitrogens with zero attached hydrogens (tertiary/aromatic N) is 5. The standard InChI is InChI=1S/C16H25N5O/c1-6-13-9-20(7-8-21(13)10(2)3)15-14-11(4)19-22-16(14)18-12(5)17-15/h10,13H,6-9H2,1-5H3/t13-/m0/s1. The van der Waals surface area contributed by atoms with Gasteiger partial charge in [0.25, 0.3) is 5.71 Å². The van der Waals surface area contributed by atoms with Crippen LogP contribution in [0.25, 0.3) is 11.1 Å². The molecule has 2 aromatic rings. The summed E-state index contributed by atoms with van der Waals surface area (Å²) >= 11 is 0. The second-order valence-electron chi connectivity index (χ2n) is 6.38. The molecule has 0 radical (unpaired) electrons. The zero-order valence-corrected chi connectivity index (χ0v) is 14.1. The van der Waals surface area contributed by atoms with E-state index in [1.54, 1.807) is 0 Å². The molecule has 2 aromatic heterocycles. The fraction of sp³-hybridized carbons (Fsp3) is 0.688. The lowest BCUT2D eigenvalue weighted by molar-refractivity contribution is 0.133. The van der Waals surface area contributed by atoms with Crippen molar-refractivity contribution in [3.05, 3.63) is 11.5 Å². The van der Waals surface area contributed by atoms with Gasteiger partial charge in [0.15, 0.2) is 0 Å². The Bertz CT molecular complexity index is 666. The number of anilines is 1. The molecular weight excluding hydrogens is 278 g/mol. The molecule has 0 unspecified atom stereocenters. The van der Waals surface area contributed by atoms with E-state index in [1.165, 1.54) is 0 Å². The number of hydrogen-bond acceptors (Lipinski definition) is 6. The smallest absolute Gasteiger partial charge is 0.263 e. The third-order valence-electron chi connectivity index (χ3n) is 4.56. The summed E-state index contributed by atoms with van der Waals surface area (Å²) in [6.45, 7) is 13.7. The Kier molecular flexibility index (Phi) is 4.04. The number of hydrogen-bond donors (Lipinski definition) is 0. The van der Waals surface area contributed by atoms with Crippen LogP contribution in [0.5, 0.6) is 0 Å². The van der Waals surface area contributed by atoms with Crippen LogP contribution in [0.1, 0.15) is 38.7 Å². The molecule has 0 saturated carbocycles. The van der Waals surface area contributed by atoms with E-state index in [0.29, 0.717) is 17.8 Å². The molecular formula is C16H25N5O. The molecule has 0 amide bonds. The lowest BCUT2D eigenvalue weighted by Crippen LogP contribution is -2.55. The van der Waals surface area contributed by atoms with Gasteiger partial charge in [0.1, 0.15) is 17.0 Å². The Morgan fingerprint density at radius 2 is 2.00 bits per heavy atom. The molecule has 3 rings (SSSR count). The number of aryl methyl sites for hydroxylation is 2. The summed E-state index contributed by atoms with van der Waals surface area (Å²) < 4.78 is 5.34. The van der Waals surface area contributed by atoms with Crippen molar-refractivity contribution in [2.24, 2.45) is 0 Å². The minimum Gasteiger partial charge on any atom is -0.353 e. The Morgan fingerprint density at radius 1 is 1.23 bits per heavy atom. The summed E-state index contributed by atoms with van der Waals surface area (Å²) in [5.74, 6) is 1.71. The summed E-state index contributed by atoms with van der Waals surface area (Å²) in [5, 5.41) is 5.02. The average Bonchev–Trinajstić information content (AvgIpc) is 2.86. The molecule has 6 nitrogen and oxygen atoms in total. The molecule has 6 heteroatoms. The Balaban J connectivity index is 1.97. The quantitative estimate of drug-likeness (QED) is 0.868. The van der Waals surface area contributed by atoms with E-state index >= 15 is 0 Å². The molecule has 0 N–H and O–H groups in total. The van der Waals surface area contributed by atoms with Gasteiger partial charge in [-0.2, -0.15) is 4.98 Å². The maximum Gasteiger partial charge on any atom is 0.263 e. The first-order chi connectivity index (χ1) is 10.5. The normalized spacial score (nSPS) is 20.3. The molecule has 0 aliphatic carbocycles. The van der Waals surface area contributed by atoms with Crippen LogP contribution in [0.4, 0.5) is 5.82 Å². The first kappa shape index (κ1) is 15.2. The van der Waals surface area contributed by atoms with E-state index in [0.717, 1.165) is 48.8 Å². The van der Waals surface area contributed by atoms with Gasteiger partial charge in [-0.25, -0.2) is 4.98 Å². The lowest BCUT2D eigenvalue weighted by atomic mass is 10.1. The highest BCUT2D eigenvalue weighted by Gasteiger charge is 2.30. The summed E-state index contributed by atoms with van der Waals surface area (Å²) in [4.78, 5) is 14.0. The van der Waals surface area contributed by atoms with Gasteiger partial charge in [-0.15, -0.1) is 0 Å². The van der Waals surface area contributed by atoms with E-state index in [4.69, 9.17) is 9.51 Å². The molecule has 1 aliphatic heterocycles. The molecule has 0 spiro atoms. The van der Waals surface area contributed by atoms with Crippen LogP contribution >= 0.6 is 0 Å². The van der Waals surface area contributed by atoms with Crippen LogP contribution < -0.4 is 4.90 Å². The van der Waals surface area contributed by atoms with E-state index in [-0.39, 0.29) is 0 Å². The molecule has 0 bridgehead atoms. The summed E-state index contributed by atoms with van der Waals surface area (Å²) in [7, 11) is 0. The van der Waals surface area contributed by atoms with E-state index < -0.39 is 0 Å². The van der Waals surface area contributed by atoms with Crippen molar-refractivity contribution in [1.82, 2.24) is 20.0 Å². The van der Waals surface area contributed by atoms with Gasteiger partial charge in [0, 0.05) is 31.7 Å². The second-order valence-corrected chi connectivity index (χ2v) is 6.38. The fourth-order valence-corrected chi connectivity index (χ4v) is 3.41. The van der Waals surface area contributed by atoms with Gasteiger partial charge < -0.3 is 9.42 Å². The molecule has 1 saturated heterocycles. The highest BCUT2D eigenvalue weighted by Crippen LogP contribution is 2.29. The van der Waals surface area contributed by atoms with E-state index in [2.05, 4.69) is 40.7 Å². The molecule has 1 aliphatic rings. The summed E-state index contributed by atoms with van der Waals surface area (Å²) in [6, 6.07) is 1.14. The number of aromatic nitrogens is 3. The average molecular weight is 303 g/mol. The molecule has 120 valence electrons. The minimum absolute atomic E-state index is 0.555. The van der Waals surface area contributed by atoms with Crippen LogP contribution in [0.2, 0.25) is 0 Å². The molecule has 3 heterocycles. The molecule has 0 aromatic carbocycles. The van der Waals surface area contributed by atoms with Crippen molar-refractivity contribution in [1.29, 1.82) is 0 Å². The minimum atomic E-state index is 0.555. The van der Waals surface area contributed by atoms with Crippen LogP contribution in [0.15, 0.2) is 4.52 Å². The zero-order valence-electron chi connectivity index (χ0n) is 14.1. The first-order valence-corrected chi connectivity index (χ1v) is 8.12. The maximum absolute atomic E-state index is 5.34. The van der Waals surface area contributed by atoms with Crippen molar-refractivity contribution in [2.75, 3.05) is 24.5 Å². The first-order valence-electron chi connectivity index (χ1n) is 8.12. The summed E-state index contributed by atoms with van der Waals surface area (Å²) in [6.07, 6.45) is 1.14. The second kappa shape index (κ2) is 5.83. The maximum atomic E-state index is 5.34. The lowest BCUT2D eigenvalue weighted by Gasteiger charge is -2.43. The van der Waals surface area contributed by atoms with Gasteiger partial charge in [0.2, 0.25) is 0 Å². The highest BCUT2D eigenvalue weighted by molar-refractivity contribution is 5.88. The largest absolute Gasteiger partial charge is 0.353 e. The van der Waals surface area contributed by atoms with Gasteiger partial charge in [-0.1, -0.05) is 12.1 Å². The fourth-order valence-electron chi connectivity index (χ4n) is 3.41. The van der Waals surface area contributed by atoms with Gasteiger partial charge in [0.05, 0.1) is 5.69 Å². The number of rotatable bonds is 3. The number of piperazine rings is 1. The van der Waals surface area contributed by atoms with Crippen LogP contribution in [-0.2, 0) is 0 Å². The Morgan fingerprint density at radius 3 is 2.68 bits per heavy atom. The third-order valence-corrected chi connectivity index (χ3v) is 4.56. The van der Waals surface area contributed by atoms with Gasteiger partial charge in [-0.05, 0) is 34.1 Å². The van der Waals surface area contributed by atoms with Crippen molar-refractivity contribution in [3.8, 4) is 0 Å². The topological polar surface area (TPSA) is 58.3 Å². The van der Waals surface area contributed by atoms with E-state index in [9.17, 15) is 0 Å². The molecule has 1 fully saturated rings. The zero-order chi connectivity index (χ0) is 15.9. The van der Waals surface area contributed by atoms with Crippen molar-refractivity contribution >= 4 is 16.9 Å². The molecule has 22 heavy (non-hydrogen) atoms. The van der Waals surface area contributed by atoms with Crippen LogP contribution in [-0.4, -0.2) is 51.7 Å². The predicted octanol–water partition coefficient (Wildman–Crippen LogP) is 2.54.